The minimum absolute atomic E-state index is 0.0242. The van der Waals surface area contributed by atoms with Crippen molar-refractivity contribution in [1.29, 1.82) is 5.26 Å². The lowest BCUT2D eigenvalue weighted by Crippen LogP contribution is -2.28. The largest absolute Gasteiger partial charge is 0.497 e. The van der Waals surface area contributed by atoms with E-state index in [0.29, 0.717) is 10.6 Å². The van der Waals surface area contributed by atoms with E-state index >= 15 is 0 Å². The van der Waals surface area contributed by atoms with E-state index in [-0.39, 0.29) is 12.5 Å². The predicted molar refractivity (Wildman–Crippen MR) is 125 cm³/mol. The zero-order valence-electron chi connectivity index (χ0n) is 18.9. The first kappa shape index (κ1) is 26.0. The number of halogens is 1. The molecular formula is C25H35ClN2O2. The Morgan fingerprint density at radius 2 is 1.90 bits per heavy atom. The Morgan fingerprint density at radius 3 is 2.40 bits per heavy atom. The van der Waals surface area contributed by atoms with Crippen LogP contribution in [0.2, 0.25) is 5.02 Å². The lowest BCUT2D eigenvalue weighted by Gasteiger charge is -2.22. The first-order chi connectivity index (χ1) is 14.4. The van der Waals surface area contributed by atoms with Gasteiger partial charge in [0.1, 0.15) is 5.75 Å². The predicted octanol–water partition coefficient (Wildman–Crippen LogP) is 5.66. The van der Waals surface area contributed by atoms with Gasteiger partial charge in [-0.3, -0.25) is 0 Å². The summed E-state index contributed by atoms with van der Waals surface area (Å²) < 4.78 is 4.97. The Kier molecular flexibility index (Phi) is 12.2. The number of benzene rings is 2. The minimum Gasteiger partial charge on any atom is -0.497 e. The molecule has 1 saturated heterocycles. The van der Waals surface area contributed by atoms with Crippen LogP contribution in [-0.2, 0) is 0 Å². The van der Waals surface area contributed by atoms with Gasteiger partial charge in [0.15, 0.2) is 0 Å². The highest BCUT2D eigenvalue weighted by Crippen LogP contribution is 2.25. The quantitative estimate of drug-likeness (QED) is 0.664. The maximum Gasteiger partial charge on any atom is 0.118 e. The number of rotatable bonds is 5. The van der Waals surface area contributed by atoms with Gasteiger partial charge in [0.05, 0.1) is 25.3 Å². The fourth-order valence-electron chi connectivity index (χ4n) is 3.36. The molecule has 164 valence electrons. The molecule has 1 heterocycles. The molecule has 0 amide bonds. The van der Waals surface area contributed by atoms with Crippen molar-refractivity contribution in [1.82, 2.24) is 4.90 Å². The van der Waals surface area contributed by atoms with Crippen molar-refractivity contribution in [2.75, 3.05) is 33.4 Å². The summed E-state index contributed by atoms with van der Waals surface area (Å²) in [7, 11) is 1.67. The van der Waals surface area contributed by atoms with Crippen LogP contribution in [0.5, 0.6) is 5.75 Å². The van der Waals surface area contributed by atoms with Crippen molar-refractivity contribution in [3.8, 4) is 11.8 Å². The SMILES string of the molecule is CC.CC1CCN(CC(CO)c2cc(Cl)cc(C#N)c2)C1.COc1ccc(C)cc1. The van der Waals surface area contributed by atoms with Crippen molar-refractivity contribution in [3.63, 3.8) is 0 Å². The van der Waals surface area contributed by atoms with E-state index in [9.17, 15) is 5.11 Å². The molecule has 30 heavy (non-hydrogen) atoms. The van der Waals surface area contributed by atoms with Crippen molar-refractivity contribution >= 4 is 11.6 Å². The summed E-state index contributed by atoms with van der Waals surface area (Å²) >= 11 is 6.02. The second-order valence-electron chi connectivity index (χ2n) is 7.44. The molecule has 2 aromatic carbocycles. The van der Waals surface area contributed by atoms with Crippen molar-refractivity contribution in [2.45, 2.75) is 40.0 Å². The van der Waals surface area contributed by atoms with Crippen molar-refractivity contribution in [2.24, 2.45) is 5.92 Å². The zero-order chi connectivity index (χ0) is 22.5. The normalized spacial score (nSPS) is 16.4. The van der Waals surface area contributed by atoms with Crippen molar-refractivity contribution in [3.05, 3.63) is 64.2 Å². The van der Waals surface area contributed by atoms with Gasteiger partial charge in [-0.2, -0.15) is 5.26 Å². The second-order valence-corrected chi connectivity index (χ2v) is 7.87. The third-order valence-electron chi connectivity index (χ3n) is 4.98. The molecule has 0 spiro atoms. The fraction of sp³-hybridized carbons (Fsp3) is 0.480. The average Bonchev–Trinajstić information content (AvgIpc) is 3.18. The van der Waals surface area contributed by atoms with Gasteiger partial charge in [0.25, 0.3) is 0 Å². The Bertz CT molecular complexity index is 787. The van der Waals surface area contributed by atoms with E-state index in [1.165, 1.54) is 12.0 Å². The highest BCUT2D eigenvalue weighted by molar-refractivity contribution is 6.30. The maximum atomic E-state index is 9.61. The van der Waals surface area contributed by atoms with E-state index < -0.39 is 0 Å². The molecule has 2 unspecified atom stereocenters. The monoisotopic (exact) mass is 430 g/mol. The first-order valence-electron chi connectivity index (χ1n) is 10.6. The van der Waals surface area contributed by atoms with E-state index in [1.807, 2.05) is 50.2 Å². The summed E-state index contributed by atoms with van der Waals surface area (Å²) in [5.41, 5.74) is 2.76. The fourth-order valence-corrected chi connectivity index (χ4v) is 3.60. The number of aliphatic hydroxyl groups excluding tert-OH is 1. The molecule has 1 aliphatic heterocycles. The molecule has 0 bridgehead atoms. The van der Waals surface area contributed by atoms with Crippen LogP contribution in [0.1, 0.15) is 49.8 Å². The third kappa shape index (κ3) is 8.75. The molecular weight excluding hydrogens is 396 g/mol. The van der Waals surface area contributed by atoms with Crippen LogP contribution in [0.15, 0.2) is 42.5 Å². The van der Waals surface area contributed by atoms with Crippen LogP contribution in [-0.4, -0.2) is 43.4 Å². The molecule has 1 aliphatic rings. The van der Waals surface area contributed by atoms with Crippen LogP contribution in [0.25, 0.3) is 0 Å². The molecule has 0 saturated carbocycles. The maximum absolute atomic E-state index is 9.61. The number of nitrogens with zero attached hydrogens (tertiary/aromatic N) is 2. The van der Waals surface area contributed by atoms with Crippen LogP contribution in [0.3, 0.4) is 0 Å². The number of methoxy groups -OCH3 is 1. The number of ether oxygens (including phenoxy) is 1. The van der Waals surface area contributed by atoms with Gasteiger partial charge in [-0.25, -0.2) is 0 Å². The lowest BCUT2D eigenvalue weighted by molar-refractivity contribution is 0.218. The number of aliphatic hydroxyl groups is 1. The third-order valence-corrected chi connectivity index (χ3v) is 5.20. The van der Waals surface area contributed by atoms with Crippen LogP contribution in [0, 0.1) is 24.2 Å². The van der Waals surface area contributed by atoms with Gasteiger partial charge in [-0.15, -0.1) is 0 Å². The van der Waals surface area contributed by atoms with E-state index in [2.05, 4.69) is 24.8 Å². The summed E-state index contributed by atoms with van der Waals surface area (Å²) in [6, 6.07) is 15.4. The Balaban J connectivity index is 0.000000342. The van der Waals surface area contributed by atoms with Crippen LogP contribution < -0.4 is 4.74 Å². The topological polar surface area (TPSA) is 56.5 Å². The van der Waals surface area contributed by atoms with E-state index in [4.69, 9.17) is 21.6 Å². The van der Waals surface area contributed by atoms with Gasteiger partial charge in [-0.05, 0) is 61.7 Å². The summed E-state index contributed by atoms with van der Waals surface area (Å²) in [5, 5.41) is 19.1. The standard InChI is InChI=1S/C15H19ClN2O.C8H10O.C2H6/c1-11-2-3-18(8-11)9-14(10-19)13-4-12(7-17)5-15(16)6-13;1-7-3-5-8(9-2)6-4-7;1-2/h4-6,11,14,19H,2-3,8-10H2,1H3;3-6H,1-2H3;1-2H3. The highest BCUT2D eigenvalue weighted by Gasteiger charge is 2.22. The highest BCUT2D eigenvalue weighted by atomic mass is 35.5. The molecule has 0 aromatic heterocycles. The van der Waals surface area contributed by atoms with Gasteiger partial charge in [0.2, 0.25) is 0 Å². The molecule has 3 rings (SSSR count). The van der Waals surface area contributed by atoms with Gasteiger partial charge >= 0.3 is 0 Å². The molecule has 2 atom stereocenters. The van der Waals surface area contributed by atoms with Gasteiger partial charge in [-0.1, -0.05) is 50.1 Å². The molecule has 2 aromatic rings. The molecule has 5 heteroatoms. The Hall–Kier alpha value is -2.06. The number of nitriles is 1. The molecule has 1 N–H and O–H groups in total. The zero-order valence-corrected chi connectivity index (χ0v) is 19.6. The van der Waals surface area contributed by atoms with E-state index in [0.717, 1.165) is 36.9 Å². The Labute approximate surface area is 187 Å². The van der Waals surface area contributed by atoms with E-state index in [1.54, 1.807) is 13.2 Å². The molecule has 1 fully saturated rings. The van der Waals surface area contributed by atoms with Crippen LogP contribution in [0.4, 0.5) is 0 Å². The number of aryl methyl sites for hydroxylation is 1. The number of likely N-dealkylation sites (tertiary alicyclic amines) is 1. The number of hydrogen-bond acceptors (Lipinski definition) is 4. The average molecular weight is 431 g/mol. The molecule has 0 aliphatic carbocycles. The minimum atomic E-state index is 0.0242. The summed E-state index contributed by atoms with van der Waals surface area (Å²) in [6.45, 7) is 11.4. The number of hydrogen-bond donors (Lipinski definition) is 1. The van der Waals surface area contributed by atoms with Gasteiger partial charge < -0.3 is 14.7 Å². The first-order valence-corrected chi connectivity index (χ1v) is 11.0. The van der Waals surface area contributed by atoms with Crippen LogP contribution >= 0.6 is 11.6 Å². The lowest BCUT2D eigenvalue weighted by atomic mass is 9.97. The summed E-state index contributed by atoms with van der Waals surface area (Å²) in [5.74, 6) is 1.67. The summed E-state index contributed by atoms with van der Waals surface area (Å²) in [4.78, 5) is 2.37. The summed E-state index contributed by atoms with van der Waals surface area (Å²) in [6.07, 6.45) is 1.22. The smallest absolute Gasteiger partial charge is 0.118 e. The van der Waals surface area contributed by atoms with Gasteiger partial charge in [0, 0.05) is 24.0 Å². The second kappa shape index (κ2) is 14.0. The molecule has 4 nitrogen and oxygen atoms in total. The van der Waals surface area contributed by atoms with Crippen molar-refractivity contribution < 1.29 is 9.84 Å². The molecule has 0 radical (unpaired) electrons. The Morgan fingerprint density at radius 1 is 1.23 bits per heavy atom.